The van der Waals surface area contributed by atoms with Crippen molar-refractivity contribution in [3.63, 3.8) is 0 Å². The second-order valence-corrected chi connectivity index (χ2v) is 11.4. The van der Waals surface area contributed by atoms with Crippen LogP contribution >= 0.6 is 11.6 Å². The van der Waals surface area contributed by atoms with Crippen LogP contribution in [0.3, 0.4) is 0 Å². The first kappa shape index (κ1) is 29.0. The quantitative estimate of drug-likeness (QED) is 0.315. The molecule has 8 nitrogen and oxygen atoms in total. The normalized spacial score (nSPS) is 21.0. The number of aryl methyl sites for hydroxylation is 1. The Morgan fingerprint density at radius 1 is 1.07 bits per heavy atom. The predicted octanol–water partition coefficient (Wildman–Crippen LogP) is 5.34. The van der Waals surface area contributed by atoms with Gasteiger partial charge in [-0.2, -0.15) is 0 Å². The van der Waals surface area contributed by atoms with Gasteiger partial charge < -0.3 is 20.3 Å². The molecular weight excluding hydrogens is 542 g/mol. The SMILES string of the molecule is Cc1ccccc1-c1ccc(C(=O)NC2(C(=O)O)CCC(O)CC2)nc1-c1ccc(Cl)c(OCCN2CCCC2)c1. The van der Waals surface area contributed by atoms with Crippen molar-refractivity contribution in [2.45, 2.75) is 57.1 Å². The number of benzene rings is 2. The van der Waals surface area contributed by atoms with Crippen LogP contribution < -0.4 is 10.1 Å². The van der Waals surface area contributed by atoms with Gasteiger partial charge in [0.1, 0.15) is 23.6 Å². The van der Waals surface area contributed by atoms with Gasteiger partial charge in [-0.1, -0.05) is 41.9 Å². The topological polar surface area (TPSA) is 112 Å². The highest BCUT2D eigenvalue weighted by Gasteiger charge is 2.43. The van der Waals surface area contributed by atoms with Gasteiger partial charge in [0.05, 0.1) is 16.8 Å². The number of nitrogens with zero attached hydrogens (tertiary/aromatic N) is 2. The van der Waals surface area contributed by atoms with E-state index in [9.17, 15) is 19.8 Å². The molecule has 1 saturated heterocycles. The van der Waals surface area contributed by atoms with E-state index in [-0.39, 0.29) is 18.5 Å². The van der Waals surface area contributed by atoms with Crippen LogP contribution in [0.5, 0.6) is 5.75 Å². The molecule has 3 N–H and O–H groups in total. The van der Waals surface area contributed by atoms with Crippen LogP contribution in [0.15, 0.2) is 54.6 Å². The van der Waals surface area contributed by atoms with E-state index in [1.54, 1.807) is 12.1 Å². The number of amides is 1. The van der Waals surface area contributed by atoms with Crippen LogP contribution in [-0.2, 0) is 4.79 Å². The highest BCUT2D eigenvalue weighted by Crippen LogP contribution is 2.37. The van der Waals surface area contributed by atoms with Crippen LogP contribution in [0.4, 0.5) is 0 Å². The maximum Gasteiger partial charge on any atom is 0.329 e. The minimum Gasteiger partial charge on any atom is -0.491 e. The lowest BCUT2D eigenvalue weighted by Crippen LogP contribution is -2.57. The summed E-state index contributed by atoms with van der Waals surface area (Å²) < 4.78 is 6.09. The summed E-state index contributed by atoms with van der Waals surface area (Å²) in [5, 5.41) is 23.1. The molecule has 0 bridgehead atoms. The van der Waals surface area contributed by atoms with Crippen LogP contribution in [0.2, 0.25) is 5.02 Å². The summed E-state index contributed by atoms with van der Waals surface area (Å²) in [6.45, 7) is 5.52. The van der Waals surface area contributed by atoms with Crippen molar-refractivity contribution < 1.29 is 24.5 Å². The molecule has 2 heterocycles. The molecule has 1 saturated carbocycles. The number of carboxylic acids is 1. The van der Waals surface area contributed by atoms with Crippen molar-refractivity contribution in [3.8, 4) is 28.1 Å². The Morgan fingerprint density at radius 3 is 2.51 bits per heavy atom. The Hall–Kier alpha value is -3.46. The van der Waals surface area contributed by atoms with E-state index in [4.69, 9.17) is 21.3 Å². The molecule has 9 heteroatoms. The second kappa shape index (κ2) is 12.6. The molecule has 2 aliphatic rings. The fraction of sp³-hybridized carbons (Fsp3) is 0.406. The molecule has 0 radical (unpaired) electrons. The number of aromatic nitrogens is 1. The average Bonchev–Trinajstić information content (AvgIpc) is 3.49. The van der Waals surface area contributed by atoms with Crippen LogP contribution in [0.25, 0.3) is 22.4 Å². The maximum absolute atomic E-state index is 13.4. The van der Waals surface area contributed by atoms with Gasteiger partial charge in [0, 0.05) is 17.7 Å². The summed E-state index contributed by atoms with van der Waals surface area (Å²) in [4.78, 5) is 32.8. The third-order valence-corrected chi connectivity index (χ3v) is 8.51. The molecule has 216 valence electrons. The highest BCUT2D eigenvalue weighted by molar-refractivity contribution is 6.32. The van der Waals surface area contributed by atoms with E-state index < -0.39 is 23.5 Å². The molecule has 0 atom stereocenters. The van der Waals surface area contributed by atoms with Crippen LogP contribution in [0.1, 0.15) is 54.6 Å². The molecule has 1 amide bonds. The van der Waals surface area contributed by atoms with Gasteiger partial charge in [-0.05, 0) is 93.9 Å². The number of aliphatic hydroxyl groups is 1. The van der Waals surface area contributed by atoms with Gasteiger partial charge in [-0.3, -0.25) is 9.69 Å². The van der Waals surface area contributed by atoms with E-state index in [0.717, 1.165) is 41.9 Å². The number of likely N-dealkylation sites (tertiary alicyclic amines) is 1. The molecule has 1 aromatic heterocycles. The molecule has 0 spiro atoms. The highest BCUT2D eigenvalue weighted by atomic mass is 35.5. The minimum atomic E-state index is -1.44. The molecule has 41 heavy (non-hydrogen) atoms. The van der Waals surface area contributed by atoms with Gasteiger partial charge in [0.25, 0.3) is 5.91 Å². The molecule has 1 aliphatic heterocycles. The smallest absolute Gasteiger partial charge is 0.329 e. The van der Waals surface area contributed by atoms with Gasteiger partial charge in [-0.15, -0.1) is 0 Å². The van der Waals surface area contributed by atoms with Gasteiger partial charge in [-0.25, -0.2) is 9.78 Å². The number of carboxylic acid groups (broad SMARTS) is 1. The zero-order valence-corrected chi connectivity index (χ0v) is 24.0. The number of halogens is 1. The first-order valence-electron chi connectivity index (χ1n) is 14.2. The van der Waals surface area contributed by atoms with E-state index in [0.29, 0.717) is 35.9 Å². The molecule has 3 aromatic rings. The fourth-order valence-electron chi connectivity index (χ4n) is 5.72. The third kappa shape index (κ3) is 6.56. The first-order chi connectivity index (χ1) is 19.8. The standard InChI is InChI=1S/C32H36ClN3O5/c1-21-6-2-3-7-24(21)25-9-11-27(30(38)35-32(31(39)40)14-12-23(37)13-15-32)34-29(25)22-8-10-26(33)28(20-22)41-19-18-36-16-4-5-17-36/h2-3,6-11,20,23,37H,4-5,12-19H2,1H3,(H,35,38)(H,39,40). The van der Waals surface area contributed by atoms with E-state index in [1.165, 1.54) is 12.8 Å². The number of ether oxygens (including phenoxy) is 1. The van der Waals surface area contributed by atoms with Gasteiger partial charge in [0.2, 0.25) is 0 Å². The maximum atomic E-state index is 13.4. The number of rotatable bonds is 9. The first-order valence-corrected chi connectivity index (χ1v) is 14.6. The van der Waals surface area contributed by atoms with Crippen molar-refractivity contribution in [2.75, 3.05) is 26.2 Å². The molecule has 0 unspecified atom stereocenters. The zero-order chi connectivity index (χ0) is 29.0. The summed E-state index contributed by atoms with van der Waals surface area (Å²) in [5.41, 5.74) is 2.81. The molecule has 1 aliphatic carbocycles. The summed E-state index contributed by atoms with van der Waals surface area (Å²) in [5.74, 6) is -1.14. The summed E-state index contributed by atoms with van der Waals surface area (Å²) >= 11 is 6.51. The van der Waals surface area contributed by atoms with Crippen molar-refractivity contribution in [1.82, 2.24) is 15.2 Å². The zero-order valence-electron chi connectivity index (χ0n) is 23.2. The Balaban J connectivity index is 1.48. The fourth-order valence-corrected chi connectivity index (χ4v) is 5.89. The summed E-state index contributed by atoms with van der Waals surface area (Å²) in [6.07, 6.45) is 2.78. The Morgan fingerprint density at radius 2 is 1.80 bits per heavy atom. The number of aliphatic hydroxyl groups excluding tert-OH is 1. The third-order valence-electron chi connectivity index (χ3n) is 8.20. The van der Waals surface area contributed by atoms with Crippen molar-refractivity contribution in [1.29, 1.82) is 0 Å². The lowest BCUT2D eigenvalue weighted by atomic mass is 9.80. The number of hydrogen-bond acceptors (Lipinski definition) is 6. The molecule has 5 rings (SSSR count). The summed E-state index contributed by atoms with van der Waals surface area (Å²) in [6, 6.07) is 16.9. The number of pyridine rings is 1. The lowest BCUT2D eigenvalue weighted by molar-refractivity contribution is -0.146. The number of carbonyl (C=O) groups is 2. The minimum absolute atomic E-state index is 0.107. The molecular formula is C32H36ClN3O5. The van der Waals surface area contributed by atoms with Crippen molar-refractivity contribution in [2.24, 2.45) is 0 Å². The van der Waals surface area contributed by atoms with Gasteiger partial charge in [0.15, 0.2) is 0 Å². The average molecular weight is 578 g/mol. The Kier molecular flexibility index (Phi) is 8.92. The number of hydrogen-bond donors (Lipinski definition) is 3. The summed E-state index contributed by atoms with van der Waals surface area (Å²) in [7, 11) is 0. The number of nitrogens with one attached hydrogen (secondary N) is 1. The van der Waals surface area contributed by atoms with Crippen molar-refractivity contribution >= 4 is 23.5 Å². The van der Waals surface area contributed by atoms with E-state index in [1.807, 2.05) is 49.4 Å². The molecule has 2 fully saturated rings. The molecule has 2 aromatic carbocycles. The monoisotopic (exact) mass is 577 g/mol. The van der Waals surface area contributed by atoms with Gasteiger partial charge >= 0.3 is 5.97 Å². The number of carbonyl (C=O) groups excluding carboxylic acids is 1. The lowest BCUT2D eigenvalue weighted by Gasteiger charge is -2.35. The van der Waals surface area contributed by atoms with Crippen LogP contribution in [-0.4, -0.2) is 69.9 Å². The Bertz CT molecular complexity index is 1410. The van der Waals surface area contributed by atoms with Crippen molar-refractivity contribution in [3.05, 3.63) is 70.9 Å². The second-order valence-electron chi connectivity index (χ2n) is 11.0. The Labute approximate surface area is 245 Å². The predicted molar refractivity (Wildman–Crippen MR) is 158 cm³/mol. The number of aliphatic carboxylic acids is 1. The van der Waals surface area contributed by atoms with Crippen LogP contribution in [0, 0.1) is 6.92 Å². The largest absolute Gasteiger partial charge is 0.491 e. The van der Waals surface area contributed by atoms with E-state index in [2.05, 4.69) is 10.2 Å². The van der Waals surface area contributed by atoms with E-state index >= 15 is 0 Å².